The van der Waals surface area contributed by atoms with Crippen LogP contribution in [0.5, 0.6) is 5.75 Å². The van der Waals surface area contributed by atoms with Gasteiger partial charge in [0.05, 0.1) is 6.21 Å². The zero-order valence-electron chi connectivity index (χ0n) is 10.7. The monoisotopic (exact) mass is 276 g/mol. The van der Waals surface area contributed by atoms with Crippen LogP contribution >= 0.6 is 12.2 Å². The van der Waals surface area contributed by atoms with E-state index in [1.807, 2.05) is 0 Å². The molecule has 0 unspecified atom stereocenters. The molecule has 0 amide bonds. The number of nitrogens with zero attached hydrogens (tertiary/aromatic N) is 3. The first-order valence-corrected chi connectivity index (χ1v) is 6.61. The lowest BCUT2D eigenvalue weighted by molar-refractivity contribution is 0.475. The molecule has 2 N–H and O–H groups in total. The van der Waals surface area contributed by atoms with Crippen LogP contribution < -0.4 is 0 Å². The van der Waals surface area contributed by atoms with Gasteiger partial charge in [-0.15, -0.1) is 0 Å². The first kappa shape index (κ1) is 13.5. The Bertz CT molecular complexity index is 612. The Hall–Kier alpha value is -1.95. The van der Waals surface area contributed by atoms with Crippen LogP contribution in [0, 0.1) is 4.77 Å². The van der Waals surface area contributed by atoms with Crippen LogP contribution in [0.3, 0.4) is 0 Å². The van der Waals surface area contributed by atoms with Crippen molar-refractivity contribution in [2.75, 3.05) is 0 Å². The number of phenolic OH excluding ortho intramolecular Hbond substituents is 1. The van der Waals surface area contributed by atoms with Gasteiger partial charge in [0.15, 0.2) is 5.82 Å². The highest BCUT2D eigenvalue weighted by Crippen LogP contribution is 2.08. The number of hydrogen-bond acceptors (Lipinski definition) is 4. The third kappa shape index (κ3) is 3.51. The second-order valence-electron chi connectivity index (χ2n) is 4.20. The van der Waals surface area contributed by atoms with Crippen molar-refractivity contribution in [3.8, 4) is 5.75 Å². The number of hydrogen-bond donors (Lipinski definition) is 2. The van der Waals surface area contributed by atoms with Gasteiger partial charge < -0.3 is 5.11 Å². The van der Waals surface area contributed by atoms with E-state index in [1.165, 1.54) is 0 Å². The molecule has 0 bridgehead atoms. The second-order valence-corrected chi connectivity index (χ2v) is 4.58. The SMILES string of the molecule is CCCCc1n[nH]c(=S)n1/N=C\c1ccc(O)cc1. The predicted octanol–water partition coefficient (Wildman–Crippen LogP) is 2.87. The standard InChI is InChI=1S/C13H16N4OS/c1-2-3-4-12-15-16-13(19)17(12)14-9-10-5-7-11(18)8-6-10/h5-9,18H,2-4H2,1H3,(H,16,19)/b14-9-. The van der Waals surface area contributed by atoms with Crippen molar-refractivity contribution in [3.05, 3.63) is 40.4 Å². The van der Waals surface area contributed by atoms with E-state index in [0.29, 0.717) is 4.77 Å². The van der Waals surface area contributed by atoms with E-state index in [0.717, 1.165) is 30.7 Å². The molecule has 0 saturated carbocycles. The van der Waals surface area contributed by atoms with Gasteiger partial charge in [-0.3, -0.25) is 5.10 Å². The van der Waals surface area contributed by atoms with Gasteiger partial charge in [0.1, 0.15) is 5.75 Å². The predicted molar refractivity (Wildman–Crippen MR) is 77.1 cm³/mol. The van der Waals surface area contributed by atoms with E-state index in [1.54, 1.807) is 35.2 Å². The molecule has 2 rings (SSSR count). The summed E-state index contributed by atoms with van der Waals surface area (Å²) in [5.74, 6) is 1.07. The number of aromatic hydroxyl groups is 1. The highest BCUT2D eigenvalue weighted by atomic mass is 32.1. The Kier molecular flexibility index (Phi) is 4.46. The number of unbranched alkanes of at least 4 members (excludes halogenated alkanes) is 1. The minimum atomic E-state index is 0.237. The minimum absolute atomic E-state index is 0.237. The summed E-state index contributed by atoms with van der Waals surface area (Å²) in [6.07, 6.45) is 4.69. The number of aromatic amines is 1. The zero-order valence-corrected chi connectivity index (χ0v) is 11.5. The van der Waals surface area contributed by atoms with Gasteiger partial charge in [-0.2, -0.15) is 14.9 Å². The van der Waals surface area contributed by atoms with Crippen molar-refractivity contribution in [1.82, 2.24) is 14.9 Å². The van der Waals surface area contributed by atoms with Gasteiger partial charge in [-0.25, -0.2) is 0 Å². The third-order valence-corrected chi connectivity index (χ3v) is 2.95. The van der Waals surface area contributed by atoms with Crippen LogP contribution in [-0.4, -0.2) is 26.2 Å². The zero-order chi connectivity index (χ0) is 13.7. The summed E-state index contributed by atoms with van der Waals surface area (Å²) < 4.78 is 2.12. The van der Waals surface area contributed by atoms with Crippen LogP contribution in [0.15, 0.2) is 29.4 Å². The molecule has 0 aliphatic heterocycles. The first-order chi connectivity index (χ1) is 9.20. The van der Waals surface area contributed by atoms with Crippen LogP contribution in [0.4, 0.5) is 0 Å². The van der Waals surface area contributed by atoms with Gasteiger partial charge >= 0.3 is 0 Å². The number of H-pyrrole nitrogens is 1. The maximum Gasteiger partial charge on any atom is 0.216 e. The second kappa shape index (κ2) is 6.29. The third-order valence-electron chi connectivity index (χ3n) is 2.69. The fourth-order valence-corrected chi connectivity index (χ4v) is 1.82. The Morgan fingerprint density at radius 2 is 2.16 bits per heavy atom. The highest BCUT2D eigenvalue weighted by Gasteiger charge is 2.03. The van der Waals surface area contributed by atoms with Crippen molar-refractivity contribution in [3.63, 3.8) is 0 Å². The normalized spacial score (nSPS) is 11.2. The molecule has 1 aromatic carbocycles. The smallest absolute Gasteiger partial charge is 0.216 e. The summed E-state index contributed by atoms with van der Waals surface area (Å²) in [6, 6.07) is 6.81. The molecule has 0 atom stereocenters. The summed E-state index contributed by atoms with van der Waals surface area (Å²) in [4.78, 5) is 0. The molecule has 0 fully saturated rings. The molecule has 0 aliphatic carbocycles. The number of phenols is 1. The van der Waals surface area contributed by atoms with E-state index in [-0.39, 0.29) is 5.75 Å². The molecule has 2 aromatic rings. The lowest BCUT2D eigenvalue weighted by Gasteiger charge is -1.99. The minimum Gasteiger partial charge on any atom is -0.508 e. The summed E-state index contributed by atoms with van der Waals surface area (Å²) in [5, 5.41) is 20.5. The summed E-state index contributed by atoms with van der Waals surface area (Å²) in [7, 11) is 0. The molecule has 0 radical (unpaired) electrons. The van der Waals surface area contributed by atoms with E-state index in [9.17, 15) is 5.11 Å². The molecule has 0 aliphatic rings. The molecule has 1 aromatic heterocycles. The van der Waals surface area contributed by atoms with Crippen LogP contribution in [0.25, 0.3) is 0 Å². The Morgan fingerprint density at radius 1 is 1.42 bits per heavy atom. The van der Waals surface area contributed by atoms with Crippen LogP contribution in [0.2, 0.25) is 0 Å². The molecule has 0 spiro atoms. The number of benzene rings is 1. The molecular weight excluding hydrogens is 260 g/mol. The van der Waals surface area contributed by atoms with Crippen molar-refractivity contribution in [2.24, 2.45) is 5.10 Å². The fourth-order valence-electron chi connectivity index (χ4n) is 1.62. The van der Waals surface area contributed by atoms with Gasteiger partial charge in [0.25, 0.3) is 0 Å². The Balaban J connectivity index is 2.20. The van der Waals surface area contributed by atoms with Crippen LogP contribution in [0.1, 0.15) is 31.2 Å². The Morgan fingerprint density at radius 3 is 2.84 bits per heavy atom. The molecule has 19 heavy (non-hydrogen) atoms. The summed E-state index contributed by atoms with van der Waals surface area (Å²) in [6.45, 7) is 2.13. The molecule has 6 heteroatoms. The van der Waals surface area contributed by atoms with Crippen molar-refractivity contribution >= 4 is 18.4 Å². The van der Waals surface area contributed by atoms with Crippen molar-refractivity contribution < 1.29 is 5.11 Å². The number of rotatable bonds is 5. The maximum absolute atomic E-state index is 9.21. The fraction of sp³-hybridized carbons (Fsp3) is 0.308. The first-order valence-electron chi connectivity index (χ1n) is 6.20. The number of nitrogens with one attached hydrogen (secondary N) is 1. The number of aryl methyl sites for hydroxylation is 1. The lowest BCUT2D eigenvalue weighted by Crippen LogP contribution is -1.99. The molecule has 100 valence electrons. The topological polar surface area (TPSA) is 66.2 Å². The molecule has 5 nitrogen and oxygen atoms in total. The lowest BCUT2D eigenvalue weighted by atomic mass is 10.2. The van der Waals surface area contributed by atoms with E-state index >= 15 is 0 Å². The highest BCUT2D eigenvalue weighted by molar-refractivity contribution is 7.71. The Labute approximate surface area is 116 Å². The average molecular weight is 276 g/mol. The largest absolute Gasteiger partial charge is 0.508 e. The van der Waals surface area contributed by atoms with Crippen LogP contribution in [-0.2, 0) is 6.42 Å². The van der Waals surface area contributed by atoms with E-state index in [4.69, 9.17) is 12.2 Å². The van der Waals surface area contributed by atoms with Crippen molar-refractivity contribution in [1.29, 1.82) is 0 Å². The van der Waals surface area contributed by atoms with Gasteiger partial charge in [-0.05, 0) is 48.5 Å². The van der Waals surface area contributed by atoms with Crippen molar-refractivity contribution in [2.45, 2.75) is 26.2 Å². The summed E-state index contributed by atoms with van der Waals surface area (Å²) in [5.41, 5.74) is 0.891. The van der Waals surface area contributed by atoms with E-state index < -0.39 is 0 Å². The van der Waals surface area contributed by atoms with E-state index in [2.05, 4.69) is 22.2 Å². The maximum atomic E-state index is 9.21. The van der Waals surface area contributed by atoms with Gasteiger partial charge in [0.2, 0.25) is 4.77 Å². The molecular formula is C13H16N4OS. The quantitative estimate of drug-likeness (QED) is 0.652. The molecule has 1 heterocycles. The van der Waals surface area contributed by atoms with Gasteiger partial charge in [-0.1, -0.05) is 13.3 Å². The molecule has 0 saturated heterocycles. The number of aromatic nitrogens is 3. The average Bonchev–Trinajstić information content (AvgIpc) is 2.76. The van der Waals surface area contributed by atoms with Gasteiger partial charge in [0, 0.05) is 6.42 Å². The summed E-state index contributed by atoms with van der Waals surface area (Å²) >= 11 is 5.15.